The zero-order valence-electron chi connectivity index (χ0n) is 9.31. The van der Waals surface area contributed by atoms with Gasteiger partial charge in [-0.3, -0.25) is 0 Å². The zero-order valence-corrected chi connectivity index (χ0v) is 11.6. The highest BCUT2D eigenvalue weighted by Gasteiger charge is 2.06. The van der Waals surface area contributed by atoms with E-state index in [9.17, 15) is 0 Å². The van der Waals surface area contributed by atoms with Crippen LogP contribution in [0.1, 0.15) is 10.4 Å². The number of alkyl halides is 1. The minimum atomic E-state index is -0.328. The van der Waals surface area contributed by atoms with E-state index in [1.165, 1.54) is 0 Å². The number of hydrogen-bond donors (Lipinski definition) is 0. The van der Waals surface area contributed by atoms with Gasteiger partial charge in [-0.25, -0.2) is 0 Å². The summed E-state index contributed by atoms with van der Waals surface area (Å²) in [5.74, 6) is 1.40. The number of benzene rings is 2. The Morgan fingerprint density at radius 1 is 1.11 bits per heavy atom. The summed E-state index contributed by atoms with van der Waals surface area (Å²) in [7, 11) is 0. The van der Waals surface area contributed by atoms with Gasteiger partial charge in [-0.1, -0.05) is 39.7 Å². The van der Waals surface area contributed by atoms with E-state index in [0.29, 0.717) is 16.5 Å². The first-order valence-corrected chi connectivity index (χ1v) is 6.55. The van der Waals surface area contributed by atoms with Crippen molar-refractivity contribution in [3.8, 4) is 17.6 Å². The van der Waals surface area contributed by atoms with Gasteiger partial charge in [0.2, 0.25) is 0 Å². The van der Waals surface area contributed by atoms with Gasteiger partial charge in [-0.2, -0.15) is 5.26 Å². The number of nitrogens with zero attached hydrogens (tertiary/aromatic N) is 1. The fourth-order valence-electron chi connectivity index (χ4n) is 1.45. The average Bonchev–Trinajstić information content (AvgIpc) is 2.41. The van der Waals surface area contributed by atoms with Gasteiger partial charge < -0.3 is 4.74 Å². The third-order valence-corrected chi connectivity index (χ3v) is 3.30. The molecule has 2 nitrogen and oxygen atoms in total. The van der Waals surface area contributed by atoms with Gasteiger partial charge in [-0.15, -0.1) is 0 Å². The van der Waals surface area contributed by atoms with E-state index in [4.69, 9.17) is 21.6 Å². The van der Waals surface area contributed by atoms with Crippen molar-refractivity contribution in [3.05, 3.63) is 59.1 Å². The molecule has 4 heteroatoms. The summed E-state index contributed by atoms with van der Waals surface area (Å²) in [6.07, 6.45) is 0. The van der Waals surface area contributed by atoms with Crippen LogP contribution in [0.5, 0.6) is 11.5 Å². The molecular formula is C14H9BrClNO. The maximum absolute atomic E-state index is 8.85. The fraction of sp³-hybridized carbons (Fsp3) is 0.0714. The van der Waals surface area contributed by atoms with E-state index in [1.54, 1.807) is 24.3 Å². The van der Waals surface area contributed by atoms with E-state index >= 15 is 0 Å². The van der Waals surface area contributed by atoms with Gasteiger partial charge in [0, 0.05) is 5.02 Å². The molecule has 0 saturated carbocycles. The van der Waals surface area contributed by atoms with Gasteiger partial charge >= 0.3 is 0 Å². The molecular weight excluding hydrogens is 314 g/mol. The summed E-state index contributed by atoms with van der Waals surface area (Å²) >= 11 is 9.08. The van der Waals surface area contributed by atoms with Crippen molar-refractivity contribution in [1.82, 2.24) is 0 Å². The molecule has 1 atom stereocenters. The number of nitriles is 1. The van der Waals surface area contributed by atoms with Crippen molar-refractivity contribution in [2.45, 2.75) is 4.83 Å². The van der Waals surface area contributed by atoms with Crippen molar-refractivity contribution < 1.29 is 4.74 Å². The van der Waals surface area contributed by atoms with Crippen LogP contribution >= 0.6 is 27.5 Å². The van der Waals surface area contributed by atoms with Crippen molar-refractivity contribution >= 4 is 27.5 Å². The predicted octanol–water partition coefficient (Wildman–Crippen LogP) is 5.09. The van der Waals surface area contributed by atoms with Crippen LogP contribution in [0.2, 0.25) is 5.02 Å². The van der Waals surface area contributed by atoms with Gasteiger partial charge in [0.05, 0.1) is 6.07 Å². The molecule has 0 aliphatic rings. The third kappa shape index (κ3) is 3.25. The van der Waals surface area contributed by atoms with Crippen molar-refractivity contribution in [2.75, 3.05) is 0 Å². The second-order valence-electron chi connectivity index (χ2n) is 3.62. The minimum absolute atomic E-state index is 0.328. The van der Waals surface area contributed by atoms with Crippen molar-refractivity contribution in [1.29, 1.82) is 5.26 Å². The lowest BCUT2D eigenvalue weighted by Crippen LogP contribution is -1.88. The van der Waals surface area contributed by atoms with E-state index in [2.05, 4.69) is 22.0 Å². The van der Waals surface area contributed by atoms with Gasteiger partial charge in [0.15, 0.2) is 0 Å². The highest BCUT2D eigenvalue weighted by molar-refractivity contribution is 9.09. The number of hydrogen-bond acceptors (Lipinski definition) is 2. The Kier molecular flexibility index (Phi) is 4.24. The summed E-state index contributed by atoms with van der Waals surface area (Å²) < 4.78 is 5.68. The van der Waals surface area contributed by atoms with Crippen LogP contribution in [-0.2, 0) is 0 Å². The van der Waals surface area contributed by atoms with Crippen LogP contribution in [0.25, 0.3) is 0 Å². The van der Waals surface area contributed by atoms with Gasteiger partial charge in [0.1, 0.15) is 16.3 Å². The number of rotatable bonds is 3. The maximum atomic E-state index is 8.85. The van der Waals surface area contributed by atoms with E-state index in [0.717, 1.165) is 5.56 Å². The van der Waals surface area contributed by atoms with Crippen molar-refractivity contribution in [3.63, 3.8) is 0 Å². The van der Waals surface area contributed by atoms with Crippen LogP contribution < -0.4 is 4.74 Å². The molecule has 0 amide bonds. The Bertz CT molecular complexity index is 577. The quantitative estimate of drug-likeness (QED) is 0.737. The zero-order chi connectivity index (χ0) is 13.0. The first kappa shape index (κ1) is 12.9. The highest BCUT2D eigenvalue weighted by atomic mass is 79.9. The summed E-state index contributed by atoms with van der Waals surface area (Å²) in [6, 6.07) is 16.6. The molecule has 0 aliphatic carbocycles. The van der Waals surface area contributed by atoms with Gasteiger partial charge in [0.25, 0.3) is 0 Å². The second-order valence-corrected chi connectivity index (χ2v) is 4.97. The summed E-state index contributed by atoms with van der Waals surface area (Å²) in [5, 5.41) is 9.51. The summed E-state index contributed by atoms with van der Waals surface area (Å²) in [6.45, 7) is 0. The Balaban J connectivity index is 2.19. The number of halogens is 2. The maximum Gasteiger partial charge on any atom is 0.127 e. The molecule has 0 heterocycles. The summed E-state index contributed by atoms with van der Waals surface area (Å²) in [4.78, 5) is -0.328. The lowest BCUT2D eigenvalue weighted by molar-refractivity contribution is 0.482. The topological polar surface area (TPSA) is 33.0 Å². The molecule has 0 bridgehead atoms. The first-order chi connectivity index (χ1) is 8.69. The van der Waals surface area contributed by atoms with Gasteiger partial charge in [-0.05, 0) is 42.0 Å². The monoisotopic (exact) mass is 321 g/mol. The molecule has 2 aromatic carbocycles. The molecule has 90 valence electrons. The Labute approximate surface area is 119 Å². The molecule has 0 aromatic heterocycles. The van der Waals surface area contributed by atoms with Crippen LogP contribution in [-0.4, -0.2) is 0 Å². The average molecular weight is 323 g/mol. The SMILES string of the molecule is N#CC(Br)c1cccc(Oc2ccc(Cl)cc2)c1. The molecule has 0 radical (unpaired) electrons. The highest BCUT2D eigenvalue weighted by Crippen LogP contribution is 2.28. The third-order valence-electron chi connectivity index (χ3n) is 2.31. The normalized spacial score (nSPS) is 11.6. The van der Waals surface area contributed by atoms with Crippen LogP contribution in [0, 0.1) is 11.3 Å². The molecule has 2 rings (SSSR count). The molecule has 2 aromatic rings. The molecule has 0 spiro atoms. The predicted molar refractivity (Wildman–Crippen MR) is 75.2 cm³/mol. The lowest BCUT2D eigenvalue weighted by atomic mass is 10.1. The van der Waals surface area contributed by atoms with E-state index < -0.39 is 0 Å². The lowest BCUT2D eigenvalue weighted by Gasteiger charge is -2.08. The molecule has 18 heavy (non-hydrogen) atoms. The second kappa shape index (κ2) is 5.90. The minimum Gasteiger partial charge on any atom is -0.457 e. The van der Waals surface area contributed by atoms with E-state index in [-0.39, 0.29) is 4.83 Å². The smallest absolute Gasteiger partial charge is 0.127 e. The number of ether oxygens (including phenoxy) is 1. The Morgan fingerprint density at radius 3 is 2.50 bits per heavy atom. The molecule has 0 fully saturated rings. The molecule has 1 unspecified atom stereocenters. The summed E-state index contributed by atoms with van der Waals surface area (Å²) in [5.41, 5.74) is 0.865. The molecule has 0 saturated heterocycles. The largest absolute Gasteiger partial charge is 0.457 e. The first-order valence-electron chi connectivity index (χ1n) is 5.26. The van der Waals surface area contributed by atoms with Crippen LogP contribution in [0.4, 0.5) is 0 Å². The van der Waals surface area contributed by atoms with Crippen LogP contribution in [0.3, 0.4) is 0 Å². The van der Waals surface area contributed by atoms with Crippen LogP contribution in [0.15, 0.2) is 48.5 Å². The van der Waals surface area contributed by atoms with Crippen molar-refractivity contribution in [2.24, 2.45) is 0 Å². The Morgan fingerprint density at radius 2 is 1.83 bits per heavy atom. The molecule has 0 aliphatic heterocycles. The fourth-order valence-corrected chi connectivity index (χ4v) is 1.86. The van der Waals surface area contributed by atoms with E-state index in [1.807, 2.05) is 24.3 Å². The molecule has 0 N–H and O–H groups in total. The Hall–Kier alpha value is -1.50. The standard InChI is InChI=1S/C14H9BrClNO/c15-14(9-17)10-2-1-3-13(8-10)18-12-6-4-11(16)5-7-12/h1-8,14H.